The Kier molecular flexibility index (Phi) is 10.5. The molecule has 0 spiro atoms. The number of carbonyl (C=O) groups excluding carboxylic acids is 2. The van der Waals surface area contributed by atoms with Gasteiger partial charge in [-0.15, -0.1) is 0 Å². The Labute approximate surface area is 254 Å². The first kappa shape index (κ1) is 30.9. The minimum Gasteiger partial charge on any atom is -0.355 e. The molecule has 2 amide bonds. The predicted octanol–water partition coefficient (Wildman–Crippen LogP) is 5.56. The zero-order valence-corrected chi connectivity index (χ0v) is 25.4. The highest BCUT2D eigenvalue weighted by molar-refractivity contribution is 9.10. The number of para-hydroxylation sites is 1. The number of anilines is 1. The van der Waals surface area contributed by atoms with Gasteiger partial charge in [-0.25, -0.2) is 12.8 Å². The number of likely N-dealkylation sites (N-methyl/N-ethyl adjacent to an activating group) is 1. The first-order valence-corrected chi connectivity index (χ1v) is 15.6. The predicted molar refractivity (Wildman–Crippen MR) is 165 cm³/mol. The smallest absolute Gasteiger partial charge is 0.264 e. The van der Waals surface area contributed by atoms with E-state index >= 15 is 4.39 Å². The lowest BCUT2D eigenvalue weighted by Gasteiger charge is -2.34. The van der Waals surface area contributed by atoms with E-state index in [2.05, 4.69) is 21.2 Å². The number of nitrogens with one attached hydrogen (secondary N) is 1. The molecule has 0 fully saturated rings. The minimum atomic E-state index is -4.36. The summed E-state index contributed by atoms with van der Waals surface area (Å²) in [5.41, 5.74) is 1.29. The van der Waals surface area contributed by atoms with Crippen molar-refractivity contribution in [1.29, 1.82) is 0 Å². The van der Waals surface area contributed by atoms with Crippen LogP contribution >= 0.6 is 15.9 Å². The zero-order chi connectivity index (χ0) is 30.1. The van der Waals surface area contributed by atoms with E-state index in [1.807, 2.05) is 54.6 Å². The monoisotopic (exact) mass is 651 g/mol. The third kappa shape index (κ3) is 7.63. The molecule has 42 heavy (non-hydrogen) atoms. The molecule has 218 valence electrons. The van der Waals surface area contributed by atoms with Crippen LogP contribution in [0.4, 0.5) is 10.1 Å². The van der Waals surface area contributed by atoms with Crippen molar-refractivity contribution < 1.29 is 22.4 Å². The fraction of sp³-hybridized carbons (Fsp3) is 0.188. The second kappa shape index (κ2) is 14.2. The van der Waals surface area contributed by atoms with Gasteiger partial charge < -0.3 is 10.2 Å². The number of nitrogens with zero attached hydrogens (tertiary/aromatic N) is 2. The maximum absolute atomic E-state index is 15.1. The fourth-order valence-electron chi connectivity index (χ4n) is 4.52. The number of sulfonamides is 1. The van der Waals surface area contributed by atoms with Crippen molar-refractivity contribution in [3.05, 3.63) is 131 Å². The van der Waals surface area contributed by atoms with Crippen LogP contribution in [0, 0.1) is 5.82 Å². The van der Waals surface area contributed by atoms with Gasteiger partial charge in [0.25, 0.3) is 10.0 Å². The zero-order valence-electron chi connectivity index (χ0n) is 23.0. The molecule has 0 aliphatic heterocycles. The lowest BCUT2D eigenvalue weighted by Crippen LogP contribution is -2.53. The molecule has 0 saturated carbocycles. The normalized spacial score (nSPS) is 11.9. The van der Waals surface area contributed by atoms with E-state index in [1.165, 1.54) is 35.2 Å². The SMILES string of the molecule is CCNC(=O)C(Cc1ccccc1)N(Cc1ccc(Br)cc1)C(=O)CN(c1ccccc1F)S(=O)(=O)c1ccccc1. The van der Waals surface area contributed by atoms with Crippen molar-refractivity contribution in [2.24, 2.45) is 0 Å². The lowest BCUT2D eigenvalue weighted by molar-refractivity contribution is -0.140. The maximum Gasteiger partial charge on any atom is 0.264 e. The number of halogens is 2. The van der Waals surface area contributed by atoms with Crippen LogP contribution in [0.15, 0.2) is 119 Å². The largest absolute Gasteiger partial charge is 0.355 e. The number of carbonyl (C=O) groups is 2. The number of amides is 2. The molecule has 1 atom stereocenters. The number of hydrogen-bond acceptors (Lipinski definition) is 4. The van der Waals surface area contributed by atoms with E-state index in [0.717, 1.165) is 26.0 Å². The molecule has 4 rings (SSSR count). The number of benzene rings is 4. The topological polar surface area (TPSA) is 86.8 Å². The molecule has 0 heterocycles. The van der Waals surface area contributed by atoms with Gasteiger partial charge in [0, 0.05) is 24.0 Å². The van der Waals surface area contributed by atoms with Crippen LogP contribution in [0.3, 0.4) is 0 Å². The molecule has 10 heteroatoms. The highest BCUT2D eigenvalue weighted by Crippen LogP contribution is 2.27. The van der Waals surface area contributed by atoms with Gasteiger partial charge in [-0.2, -0.15) is 0 Å². The Hall–Kier alpha value is -4.02. The summed E-state index contributed by atoms with van der Waals surface area (Å²) >= 11 is 3.41. The van der Waals surface area contributed by atoms with Crippen molar-refractivity contribution in [2.45, 2.75) is 30.8 Å². The van der Waals surface area contributed by atoms with Crippen LogP contribution in [-0.2, 0) is 32.6 Å². The molecule has 0 aromatic heterocycles. The van der Waals surface area contributed by atoms with E-state index < -0.39 is 34.3 Å². The van der Waals surface area contributed by atoms with Gasteiger partial charge in [0.15, 0.2) is 0 Å². The molecule has 0 aliphatic rings. The summed E-state index contributed by atoms with van der Waals surface area (Å²) in [6.07, 6.45) is 0.195. The summed E-state index contributed by atoms with van der Waals surface area (Å²) in [5.74, 6) is -1.84. The molecular formula is C32H31BrFN3O4S. The highest BCUT2D eigenvalue weighted by Gasteiger charge is 2.35. The molecule has 1 unspecified atom stereocenters. The van der Waals surface area contributed by atoms with Crippen LogP contribution in [-0.4, -0.2) is 44.3 Å². The van der Waals surface area contributed by atoms with Crippen LogP contribution in [0.5, 0.6) is 0 Å². The summed E-state index contributed by atoms with van der Waals surface area (Å²) < 4.78 is 44.4. The van der Waals surface area contributed by atoms with E-state index in [4.69, 9.17) is 0 Å². The van der Waals surface area contributed by atoms with Crippen molar-refractivity contribution in [1.82, 2.24) is 10.2 Å². The van der Waals surface area contributed by atoms with Gasteiger partial charge in [0.1, 0.15) is 18.4 Å². The Bertz CT molecular complexity index is 1600. The summed E-state index contributed by atoms with van der Waals surface area (Å²) in [6, 6.07) is 28.5. The van der Waals surface area contributed by atoms with E-state index in [-0.39, 0.29) is 29.5 Å². The van der Waals surface area contributed by atoms with Gasteiger partial charge in [-0.05, 0) is 54.4 Å². The Balaban J connectivity index is 1.79. The summed E-state index contributed by atoms with van der Waals surface area (Å²) in [4.78, 5) is 29.0. The Morgan fingerprint density at radius 1 is 0.833 bits per heavy atom. The second-order valence-corrected chi connectivity index (χ2v) is 12.3. The Morgan fingerprint density at radius 2 is 1.43 bits per heavy atom. The van der Waals surface area contributed by atoms with Gasteiger partial charge in [0.05, 0.1) is 10.6 Å². The highest BCUT2D eigenvalue weighted by atomic mass is 79.9. The van der Waals surface area contributed by atoms with Gasteiger partial charge in [-0.1, -0.05) is 88.7 Å². The van der Waals surface area contributed by atoms with Crippen molar-refractivity contribution in [3.63, 3.8) is 0 Å². The van der Waals surface area contributed by atoms with Crippen molar-refractivity contribution in [3.8, 4) is 0 Å². The average molecular weight is 653 g/mol. The minimum absolute atomic E-state index is 0.0250. The van der Waals surface area contributed by atoms with Crippen molar-refractivity contribution in [2.75, 3.05) is 17.4 Å². The molecule has 4 aromatic rings. The first-order chi connectivity index (χ1) is 20.2. The van der Waals surface area contributed by atoms with E-state index in [1.54, 1.807) is 25.1 Å². The number of hydrogen-bond donors (Lipinski definition) is 1. The summed E-state index contributed by atoms with van der Waals surface area (Å²) in [7, 11) is -4.36. The Morgan fingerprint density at radius 3 is 2.05 bits per heavy atom. The molecule has 0 saturated heterocycles. The van der Waals surface area contributed by atoms with Crippen molar-refractivity contribution >= 4 is 43.5 Å². The van der Waals surface area contributed by atoms with Gasteiger partial charge in [-0.3, -0.25) is 13.9 Å². The number of rotatable bonds is 12. The molecule has 1 N–H and O–H groups in total. The molecule has 7 nitrogen and oxygen atoms in total. The summed E-state index contributed by atoms with van der Waals surface area (Å²) in [5, 5.41) is 2.81. The van der Waals surface area contributed by atoms with Crippen LogP contribution < -0.4 is 9.62 Å². The molecular weight excluding hydrogens is 621 g/mol. The standard InChI is InChI=1S/C32H31BrFN3O4S/c1-2-35-32(39)30(21-24-11-5-3-6-12-24)36(22-25-17-19-26(33)20-18-25)31(38)23-37(29-16-10-9-15-28(29)34)42(40,41)27-13-7-4-8-14-27/h3-20,30H,2,21-23H2,1H3,(H,35,39). The maximum atomic E-state index is 15.1. The van der Waals surface area contributed by atoms with E-state index in [0.29, 0.717) is 6.54 Å². The molecule has 0 bridgehead atoms. The van der Waals surface area contributed by atoms with Gasteiger partial charge in [0.2, 0.25) is 11.8 Å². The second-order valence-electron chi connectivity index (χ2n) is 9.52. The third-order valence-electron chi connectivity index (χ3n) is 6.62. The lowest BCUT2D eigenvalue weighted by atomic mass is 10.0. The average Bonchev–Trinajstić information content (AvgIpc) is 3.00. The van der Waals surface area contributed by atoms with Crippen LogP contribution in [0.25, 0.3) is 0 Å². The fourth-order valence-corrected chi connectivity index (χ4v) is 6.23. The van der Waals surface area contributed by atoms with E-state index in [9.17, 15) is 18.0 Å². The third-order valence-corrected chi connectivity index (χ3v) is 8.92. The first-order valence-electron chi connectivity index (χ1n) is 13.4. The molecule has 0 aliphatic carbocycles. The molecule has 4 aromatic carbocycles. The van der Waals surface area contributed by atoms with Crippen LogP contribution in [0.1, 0.15) is 18.1 Å². The van der Waals surface area contributed by atoms with Crippen LogP contribution in [0.2, 0.25) is 0 Å². The molecule has 0 radical (unpaired) electrons. The van der Waals surface area contributed by atoms with Gasteiger partial charge >= 0.3 is 0 Å². The quantitative estimate of drug-likeness (QED) is 0.217. The summed E-state index contributed by atoms with van der Waals surface area (Å²) in [6.45, 7) is 1.43.